The third kappa shape index (κ3) is 4.50. The number of rotatable bonds is 6. The topological polar surface area (TPSA) is 70.5 Å². The molecule has 0 aliphatic carbocycles. The first-order valence-corrected chi connectivity index (χ1v) is 11.0. The largest absolute Gasteiger partial charge is 0.367 e. The number of carbonyl (C=O) groups is 1. The van der Waals surface area contributed by atoms with Gasteiger partial charge in [0.1, 0.15) is 11.5 Å². The van der Waals surface area contributed by atoms with E-state index in [1.165, 1.54) is 6.07 Å². The Labute approximate surface area is 186 Å². The summed E-state index contributed by atoms with van der Waals surface area (Å²) in [6.07, 6.45) is 0. The molecule has 0 radical (unpaired) electrons. The van der Waals surface area contributed by atoms with Crippen LogP contribution in [0.3, 0.4) is 0 Å². The molecule has 32 heavy (non-hydrogen) atoms. The molecule has 0 bridgehead atoms. The van der Waals surface area contributed by atoms with Crippen molar-refractivity contribution >= 4 is 22.6 Å². The minimum absolute atomic E-state index is 0.104. The summed E-state index contributed by atoms with van der Waals surface area (Å²) in [5.74, 6) is -0.352. The van der Waals surface area contributed by atoms with Crippen LogP contribution in [0.5, 0.6) is 0 Å². The molecule has 1 saturated heterocycles. The van der Waals surface area contributed by atoms with E-state index in [9.17, 15) is 14.0 Å². The minimum Gasteiger partial charge on any atom is -0.367 e. The van der Waals surface area contributed by atoms with E-state index in [1.54, 1.807) is 35.8 Å². The number of hydrogen-bond donors (Lipinski definition) is 1. The van der Waals surface area contributed by atoms with Crippen molar-refractivity contribution in [2.75, 3.05) is 44.2 Å². The number of nitrogens with one attached hydrogen (secondary N) is 1. The van der Waals surface area contributed by atoms with Gasteiger partial charge in [0, 0.05) is 51.4 Å². The second kappa shape index (κ2) is 9.48. The number of amides is 1. The summed E-state index contributed by atoms with van der Waals surface area (Å²) >= 11 is 0. The molecular formula is C24H28FN5O2. The highest BCUT2D eigenvalue weighted by molar-refractivity contribution is 5.97. The van der Waals surface area contributed by atoms with Gasteiger partial charge >= 0.3 is 0 Å². The fraction of sp³-hybridized carbons (Fsp3) is 0.375. The summed E-state index contributed by atoms with van der Waals surface area (Å²) in [7, 11) is 0. The molecule has 7 nitrogen and oxygen atoms in total. The molecule has 0 unspecified atom stereocenters. The Kier molecular flexibility index (Phi) is 6.50. The molecule has 1 amide bonds. The normalized spacial score (nSPS) is 14.7. The van der Waals surface area contributed by atoms with Crippen molar-refractivity contribution in [1.82, 2.24) is 19.8 Å². The predicted octanol–water partition coefficient (Wildman–Crippen LogP) is 2.42. The number of halogens is 1. The van der Waals surface area contributed by atoms with Gasteiger partial charge in [-0.1, -0.05) is 12.1 Å². The van der Waals surface area contributed by atoms with E-state index in [4.69, 9.17) is 0 Å². The molecule has 0 atom stereocenters. The number of fused-ring (bicyclic) bond motifs is 1. The average Bonchev–Trinajstić information content (AvgIpc) is 2.80. The van der Waals surface area contributed by atoms with Crippen LogP contribution in [0.2, 0.25) is 0 Å². The molecular weight excluding hydrogens is 409 g/mol. The minimum atomic E-state index is -0.191. The van der Waals surface area contributed by atoms with E-state index in [1.807, 2.05) is 19.1 Å². The van der Waals surface area contributed by atoms with Crippen molar-refractivity contribution in [2.45, 2.75) is 20.4 Å². The van der Waals surface area contributed by atoms with Gasteiger partial charge < -0.3 is 14.8 Å². The molecule has 3 aromatic rings. The number of benzene rings is 2. The Morgan fingerprint density at radius 1 is 1.12 bits per heavy atom. The Hall–Kier alpha value is -3.26. The summed E-state index contributed by atoms with van der Waals surface area (Å²) in [5, 5.41) is 2.97. The van der Waals surface area contributed by atoms with Crippen LogP contribution in [-0.2, 0) is 6.54 Å². The molecule has 4 rings (SSSR count). The average molecular weight is 438 g/mol. The van der Waals surface area contributed by atoms with Crippen LogP contribution in [0.15, 0.2) is 47.3 Å². The third-order valence-electron chi connectivity index (χ3n) is 5.97. The van der Waals surface area contributed by atoms with E-state index in [0.29, 0.717) is 35.6 Å². The molecule has 0 spiro atoms. The first-order valence-electron chi connectivity index (χ1n) is 11.0. The molecule has 8 heteroatoms. The van der Waals surface area contributed by atoms with Gasteiger partial charge in [0.05, 0.1) is 16.7 Å². The Balaban J connectivity index is 1.32. The lowest BCUT2D eigenvalue weighted by Gasteiger charge is -2.36. The van der Waals surface area contributed by atoms with Gasteiger partial charge in [0.25, 0.3) is 11.5 Å². The number of hydrogen-bond acceptors (Lipinski definition) is 5. The number of nitrogens with zero attached hydrogens (tertiary/aromatic N) is 4. The van der Waals surface area contributed by atoms with Crippen molar-refractivity contribution in [3.05, 3.63) is 69.9 Å². The Bertz CT molecular complexity index is 1180. The van der Waals surface area contributed by atoms with Gasteiger partial charge in [-0.15, -0.1) is 0 Å². The lowest BCUT2D eigenvalue weighted by Crippen LogP contribution is -2.48. The van der Waals surface area contributed by atoms with E-state index >= 15 is 0 Å². The summed E-state index contributed by atoms with van der Waals surface area (Å²) < 4.78 is 15.6. The molecule has 1 fully saturated rings. The second-order valence-corrected chi connectivity index (χ2v) is 7.99. The zero-order valence-corrected chi connectivity index (χ0v) is 18.5. The van der Waals surface area contributed by atoms with Crippen LogP contribution in [-0.4, -0.2) is 59.6 Å². The maximum atomic E-state index is 14.0. The van der Waals surface area contributed by atoms with Crippen molar-refractivity contribution in [2.24, 2.45) is 0 Å². The highest BCUT2D eigenvalue weighted by Gasteiger charge is 2.19. The van der Waals surface area contributed by atoms with Crippen LogP contribution in [0.25, 0.3) is 11.0 Å². The lowest BCUT2D eigenvalue weighted by molar-refractivity contribution is 0.0948. The standard InChI is InChI=1S/C24H28FN5O2/c1-3-30-22-9-8-18(16-20(22)27-17(2)24(30)32)23(31)26-10-11-28-12-14-29(15-13-28)21-7-5-4-6-19(21)25/h4-9,16H,3,10-15H2,1-2H3,(H,26,31). The number of anilines is 1. The summed E-state index contributed by atoms with van der Waals surface area (Å²) in [4.78, 5) is 33.6. The molecule has 2 aromatic carbocycles. The number of piperazine rings is 1. The number of aryl methyl sites for hydroxylation is 2. The van der Waals surface area contributed by atoms with Crippen molar-refractivity contribution in [1.29, 1.82) is 0 Å². The van der Waals surface area contributed by atoms with Gasteiger partial charge in [0.15, 0.2) is 0 Å². The second-order valence-electron chi connectivity index (χ2n) is 7.99. The highest BCUT2D eigenvalue weighted by Crippen LogP contribution is 2.20. The van der Waals surface area contributed by atoms with Gasteiger partial charge in [-0.2, -0.15) is 0 Å². The molecule has 1 aliphatic heterocycles. The molecule has 1 N–H and O–H groups in total. The zero-order valence-electron chi connectivity index (χ0n) is 18.5. The smallest absolute Gasteiger partial charge is 0.272 e. The Morgan fingerprint density at radius 2 is 1.88 bits per heavy atom. The maximum Gasteiger partial charge on any atom is 0.272 e. The van der Waals surface area contributed by atoms with E-state index in [2.05, 4.69) is 20.1 Å². The van der Waals surface area contributed by atoms with Crippen molar-refractivity contribution in [3.8, 4) is 0 Å². The first kappa shape index (κ1) is 22.0. The lowest BCUT2D eigenvalue weighted by atomic mass is 10.1. The quantitative estimate of drug-likeness (QED) is 0.641. The first-order chi connectivity index (χ1) is 15.5. The van der Waals surface area contributed by atoms with Gasteiger partial charge in [-0.25, -0.2) is 9.37 Å². The van der Waals surface area contributed by atoms with E-state index in [-0.39, 0.29) is 17.3 Å². The van der Waals surface area contributed by atoms with Gasteiger partial charge in [0.2, 0.25) is 0 Å². The molecule has 2 heterocycles. The van der Waals surface area contributed by atoms with Crippen LogP contribution in [0, 0.1) is 12.7 Å². The van der Waals surface area contributed by atoms with Crippen LogP contribution >= 0.6 is 0 Å². The van der Waals surface area contributed by atoms with E-state index in [0.717, 1.165) is 38.2 Å². The van der Waals surface area contributed by atoms with Gasteiger partial charge in [-0.05, 0) is 44.2 Å². The molecule has 168 valence electrons. The monoisotopic (exact) mass is 437 g/mol. The van der Waals surface area contributed by atoms with Crippen LogP contribution < -0.4 is 15.8 Å². The van der Waals surface area contributed by atoms with Crippen LogP contribution in [0.4, 0.5) is 10.1 Å². The maximum absolute atomic E-state index is 14.0. The summed E-state index contributed by atoms with van der Waals surface area (Å²) in [6.45, 7) is 8.55. The van der Waals surface area contributed by atoms with Gasteiger partial charge in [-0.3, -0.25) is 14.5 Å². The highest BCUT2D eigenvalue weighted by atomic mass is 19.1. The third-order valence-corrected chi connectivity index (χ3v) is 5.97. The number of para-hydroxylation sites is 1. The van der Waals surface area contributed by atoms with Crippen LogP contribution in [0.1, 0.15) is 23.0 Å². The number of carbonyl (C=O) groups excluding carboxylic acids is 1. The molecule has 0 saturated carbocycles. The number of aromatic nitrogens is 2. The Morgan fingerprint density at radius 3 is 2.59 bits per heavy atom. The molecule has 1 aromatic heterocycles. The van der Waals surface area contributed by atoms with Crippen molar-refractivity contribution < 1.29 is 9.18 Å². The van der Waals surface area contributed by atoms with E-state index < -0.39 is 0 Å². The molecule has 1 aliphatic rings. The summed E-state index contributed by atoms with van der Waals surface area (Å²) in [6, 6.07) is 12.1. The SMILES string of the molecule is CCn1c(=O)c(C)nc2cc(C(=O)NCCN3CCN(c4ccccc4F)CC3)ccc21. The predicted molar refractivity (Wildman–Crippen MR) is 124 cm³/mol. The fourth-order valence-electron chi connectivity index (χ4n) is 4.18. The fourth-order valence-corrected chi connectivity index (χ4v) is 4.18. The van der Waals surface area contributed by atoms with Crippen molar-refractivity contribution in [3.63, 3.8) is 0 Å². The summed E-state index contributed by atoms with van der Waals surface area (Å²) in [5.41, 5.74) is 2.86. The zero-order chi connectivity index (χ0) is 22.7.